The van der Waals surface area contributed by atoms with Gasteiger partial charge in [0.15, 0.2) is 18.1 Å². The SMILES string of the molecule is COc1cc(C[NH2+]C[C@H]2CCCO2)ccc1OCC(N)=O. The van der Waals surface area contributed by atoms with E-state index in [1.165, 1.54) is 0 Å². The number of benzene rings is 1. The van der Waals surface area contributed by atoms with Gasteiger partial charge in [-0.15, -0.1) is 0 Å². The normalized spacial score (nSPS) is 17.7. The number of nitrogens with two attached hydrogens (primary N) is 2. The molecular formula is C15H23N2O4+. The van der Waals surface area contributed by atoms with Crippen LogP contribution < -0.4 is 20.5 Å². The highest BCUT2D eigenvalue weighted by Crippen LogP contribution is 2.27. The van der Waals surface area contributed by atoms with Gasteiger partial charge in [0.05, 0.1) is 7.11 Å². The predicted molar refractivity (Wildman–Crippen MR) is 77.2 cm³/mol. The van der Waals surface area contributed by atoms with Gasteiger partial charge in [0.2, 0.25) is 0 Å². The third-order valence-corrected chi connectivity index (χ3v) is 3.43. The third-order valence-electron chi connectivity index (χ3n) is 3.43. The summed E-state index contributed by atoms with van der Waals surface area (Å²) in [7, 11) is 1.58. The molecular weight excluding hydrogens is 272 g/mol. The van der Waals surface area contributed by atoms with Crippen LogP contribution in [0.3, 0.4) is 0 Å². The molecule has 1 aromatic rings. The Hall–Kier alpha value is -1.79. The summed E-state index contributed by atoms with van der Waals surface area (Å²) in [6.45, 7) is 2.56. The minimum atomic E-state index is -0.508. The van der Waals surface area contributed by atoms with Gasteiger partial charge in [0.1, 0.15) is 19.2 Å². The molecule has 1 saturated heterocycles. The number of ether oxygens (including phenoxy) is 3. The Bertz CT molecular complexity index is 473. The van der Waals surface area contributed by atoms with Crippen LogP contribution in [0.5, 0.6) is 11.5 Å². The highest BCUT2D eigenvalue weighted by Gasteiger charge is 2.17. The van der Waals surface area contributed by atoms with Crippen molar-refractivity contribution < 1.29 is 24.3 Å². The summed E-state index contributed by atoms with van der Waals surface area (Å²) >= 11 is 0. The maximum Gasteiger partial charge on any atom is 0.255 e. The van der Waals surface area contributed by atoms with Gasteiger partial charge < -0.3 is 25.3 Å². The van der Waals surface area contributed by atoms with Crippen molar-refractivity contribution in [1.82, 2.24) is 0 Å². The smallest absolute Gasteiger partial charge is 0.255 e. The molecule has 1 amide bonds. The van der Waals surface area contributed by atoms with Crippen molar-refractivity contribution in [2.45, 2.75) is 25.5 Å². The zero-order chi connectivity index (χ0) is 15.1. The lowest BCUT2D eigenvalue weighted by atomic mass is 10.2. The molecule has 0 radical (unpaired) electrons. The van der Waals surface area contributed by atoms with Crippen LogP contribution in [-0.4, -0.2) is 38.9 Å². The Morgan fingerprint density at radius 2 is 2.33 bits per heavy atom. The summed E-state index contributed by atoms with van der Waals surface area (Å²) in [5.74, 6) is 0.629. The lowest BCUT2D eigenvalue weighted by Crippen LogP contribution is -2.84. The summed E-state index contributed by atoms with van der Waals surface area (Å²) in [6.07, 6.45) is 2.70. The largest absolute Gasteiger partial charge is 0.493 e. The summed E-state index contributed by atoms with van der Waals surface area (Å²) in [5.41, 5.74) is 6.20. The Morgan fingerprint density at radius 3 is 3.00 bits per heavy atom. The van der Waals surface area contributed by atoms with Crippen LogP contribution in [0.2, 0.25) is 0 Å². The van der Waals surface area contributed by atoms with Crippen LogP contribution in [0.1, 0.15) is 18.4 Å². The zero-order valence-corrected chi connectivity index (χ0v) is 12.3. The fourth-order valence-electron chi connectivity index (χ4n) is 2.37. The molecule has 0 aliphatic carbocycles. The molecule has 21 heavy (non-hydrogen) atoms. The van der Waals surface area contributed by atoms with Crippen LogP contribution in [-0.2, 0) is 16.1 Å². The molecule has 1 aliphatic rings. The first kappa shape index (κ1) is 15.6. The first-order valence-corrected chi connectivity index (χ1v) is 7.20. The second-order valence-electron chi connectivity index (χ2n) is 5.10. The van der Waals surface area contributed by atoms with Crippen molar-refractivity contribution in [3.05, 3.63) is 23.8 Å². The number of carbonyl (C=O) groups is 1. The maximum absolute atomic E-state index is 10.7. The quantitative estimate of drug-likeness (QED) is 0.695. The van der Waals surface area contributed by atoms with Crippen molar-refractivity contribution in [3.8, 4) is 11.5 Å². The Kier molecular flexibility index (Phi) is 5.83. The second-order valence-corrected chi connectivity index (χ2v) is 5.10. The summed E-state index contributed by atoms with van der Waals surface area (Å²) in [6, 6.07) is 5.68. The minimum Gasteiger partial charge on any atom is -0.493 e. The van der Waals surface area contributed by atoms with E-state index in [9.17, 15) is 4.79 Å². The first-order valence-electron chi connectivity index (χ1n) is 7.20. The van der Waals surface area contributed by atoms with Gasteiger partial charge >= 0.3 is 0 Å². The highest BCUT2D eigenvalue weighted by molar-refractivity contribution is 5.75. The maximum atomic E-state index is 10.7. The topological polar surface area (TPSA) is 87.4 Å². The number of carbonyl (C=O) groups excluding carboxylic acids is 1. The number of primary amides is 1. The van der Waals surface area contributed by atoms with Crippen molar-refractivity contribution in [2.24, 2.45) is 5.73 Å². The van der Waals surface area contributed by atoms with Crippen LogP contribution in [0.4, 0.5) is 0 Å². The van der Waals surface area contributed by atoms with E-state index in [2.05, 4.69) is 5.32 Å². The number of hydrogen-bond donors (Lipinski definition) is 2. The van der Waals surface area contributed by atoms with E-state index in [1.54, 1.807) is 13.2 Å². The van der Waals surface area contributed by atoms with Gasteiger partial charge in [0.25, 0.3) is 5.91 Å². The van der Waals surface area contributed by atoms with E-state index in [0.29, 0.717) is 17.6 Å². The molecule has 0 aromatic heterocycles. The predicted octanol–water partition coefficient (Wildman–Crippen LogP) is -0.198. The third kappa shape index (κ3) is 4.91. The molecule has 116 valence electrons. The molecule has 1 aromatic carbocycles. The van der Waals surface area contributed by atoms with Gasteiger partial charge in [-0.05, 0) is 31.0 Å². The van der Waals surface area contributed by atoms with Gasteiger partial charge in [-0.25, -0.2) is 0 Å². The molecule has 1 fully saturated rings. The van der Waals surface area contributed by atoms with E-state index in [1.807, 2.05) is 12.1 Å². The average Bonchev–Trinajstić information content (AvgIpc) is 2.98. The van der Waals surface area contributed by atoms with Crippen molar-refractivity contribution in [2.75, 3.05) is 26.9 Å². The number of hydrogen-bond acceptors (Lipinski definition) is 4. The fourth-order valence-corrected chi connectivity index (χ4v) is 2.37. The number of quaternary nitrogens is 1. The molecule has 4 N–H and O–H groups in total. The van der Waals surface area contributed by atoms with Crippen molar-refractivity contribution >= 4 is 5.91 Å². The van der Waals surface area contributed by atoms with Crippen LogP contribution in [0, 0.1) is 0 Å². The molecule has 1 atom stereocenters. The summed E-state index contributed by atoms with van der Waals surface area (Å²) in [4.78, 5) is 10.7. The molecule has 0 saturated carbocycles. The Labute approximate surface area is 124 Å². The molecule has 0 unspecified atom stereocenters. The molecule has 6 nitrogen and oxygen atoms in total. The molecule has 0 spiro atoms. The molecule has 1 aliphatic heterocycles. The monoisotopic (exact) mass is 295 g/mol. The lowest BCUT2D eigenvalue weighted by molar-refractivity contribution is -0.676. The van der Waals surface area contributed by atoms with E-state index < -0.39 is 5.91 Å². The van der Waals surface area contributed by atoms with E-state index >= 15 is 0 Å². The second kappa shape index (κ2) is 7.85. The van der Waals surface area contributed by atoms with E-state index in [4.69, 9.17) is 19.9 Å². The van der Waals surface area contributed by atoms with Gasteiger partial charge in [-0.3, -0.25) is 4.79 Å². The van der Waals surface area contributed by atoms with E-state index in [-0.39, 0.29) is 6.61 Å². The lowest BCUT2D eigenvalue weighted by Gasteiger charge is -2.12. The molecule has 2 rings (SSSR count). The number of methoxy groups -OCH3 is 1. The van der Waals surface area contributed by atoms with Gasteiger partial charge in [-0.1, -0.05) is 0 Å². The summed E-state index contributed by atoms with van der Waals surface area (Å²) < 4.78 is 16.2. The Morgan fingerprint density at radius 1 is 1.48 bits per heavy atom. The van der Waals surface area contributed by atoms with Crippen LogP contribution in [0.15, 0.2) is 18.2 Å². The zero-order valence-electron chi connectivity index (χ0n) is 12.3. The minimum absolute atomic E-state index is 0.152. The average molecular weight is 295 g/mol. The molecule has 0 bridgehead atoms. The molecule has 6 heteroatoms. The first-order chi connectivity index (χ1) is 10.2. The van der Waals surface area contributed by atoms with Gasteiger partial charge in [-0.2, -0.15) is 0 Å². The van der Waals surface area contributed by atoms with Crippen LogP contribution >= 0.6 is 0 Å². The number of amides is 1. The molecule has 1 heterocycles. The van der Waals surface area contributed by atoms with Crippen molar-refractivity contribution in [1.29, 1.82) is 0 Å². The van der Waals surface area contributed by atoms with Crippen molar-refractivity contribution in [3.63, 3.8) is 0 Å². The van der Waals surface area contributed by atoms with E-state index in [0.717, 1.165) is 38.1 Å². The standard InChI is InChI=1S/C15H22N2O4/c1-19-14-7-11(4-5-13(14)21-10-15(16)18)8-17-9-12-3-2-6-20-12/h4-5,7,12,17H,2-3,6,8-10H2,1H3,(H2,16,18)/p+1/t12-/m1/s1. The Balaban J connectivity index is 1.86. The number of rotatable bonds is 8. The summed E-state index contributed by atoms with van der Waals surface area (Å²) in [5, 5.41) is 2.23. The van der Waals surface area contributed by atoms with Gasteiger partial charge in [0, 0.05) is 12.2 Å². The fraction of sp³-hybridized carbons (Fsp3) is 0.533. The highest BCUT2D eigenvalue weighted by atomic mass is 16.5. The van der Waals surface area contributed by atoms with Crippen LogP contribution in [0.25, 0.3) is 0 Å².